The molecule has 0 saturated carbocycles. The number of amides is 2. The number of anilines is 2. The minimum Gasteiger partial charge on any atom is -0.444 e. The quantitative estimate of drug-likeness (QED) is 0.781. The molecule has 2 aromatic carbocycles. The molecule has 2 rings (SSSR count). The van der Waals surface area contributed by atoms with E-state index in [1.165, 1.54) is 24.3 Å². The van der Waals surface area contributed by atoms with Crippen molar-refractivity contribution in [1.29, 1.82) is 0 Å². The highest BCUT2D eigenvalue weighted by atomic mass is 19.1. The first-order valence-corrected chi connectivity index (χ1v) is 8.46. The summed E-state index contributed by atoms with van der Waals surface area (Å²) in [5.41, 5.74) is 0.207. The smallest absolute Gasteiger partial charge is 0.412 e. The molecule has 2 N–H and O–H groups in total. The van der Waals surface area contributed by atoms with E-state index in [-0.39, 0.29) is 23.8 Å². The van der Waals surface area contributed by atoms with Gasteiger partial charge in [-0.25, -0.2) is 13.6 Å². The lowest BCUT2D eigenvalue weighted by atomic mass is 10.1. The van der Waals surface area contributed by atoms with Gasteiger partial charge in [0.2, 0.25) is 5.91 Å². The van der Waals surface area contributed by atoms with Crippen LogP contribution in [0.15, 0.2) is 42.5 Å². The molecular weight excluding hydrogens is 354 g/mol. The summed E-state index contributed by atoms with van der Waals surface area (Å²) in [5, 5.41) is 4.94. The van der Waals surface area contributed by atoms with Gasteiger partial charge in [0.1, 0.15) is 17.2 Å². The van der Waals surface area contributed by atoms with Gasteiger partial charge in [0.25, 0.3) is 0 Å². The van der Waals surface area contributed by atoms with Crippen LogP contribution >= 0.6 is 0 Å². The van der Waals surface area contributed by atoms with E-state index in [2.05, 4.69) is 10.6 Å². The molecule has 0 bridgehead atoms. The Balaban J connectivity index is 1.96. The summed E-state index contributed by atoms with van der Waals surface area (Å²) >= 11 is 0. The number of halogens is 2. The van der Waals surface area contributed by atoms with E-state index in [0.717, 1.165) is 6.07 Å². The molecule has 0 radical (unpaired) electrons. The van der Waals surface area contributed by atoms with Crippen LogP contribution in [0.5, 0.6) is 0 Å². The molecule has 0 heterocycles. The second kappa shape index (κ2) is 8.62. The van der Waals surface area contributed by atoms with Crippen LogP contribution in [0.25, 0.3) is 0 Å². The second-order valence-electron chi connectivity index (χ2n) is 7.00. The molecule has 2 amide bonds. The van der Waals surface area contributed by atoms with Crippen molar-refractivity contribution in [1.82, 2.24) is 0 Å². The molecule has 0 fully saturated rings. The van der Waals surface area contributed by atoms with Crippen LogP contribution in [0.3, 0.4) is 0 Å². The number of benzene rings is 2. The third kappa shape index (κ3) is 7.05. The van der Waals surface area contributed by atoms with E-state index in [1.807, 2.05) is 0 Å². The van der Waals surface area contributed by atoms with Gasteiger partial charge in [-0.2, -0.15) is 0 Å². The first kappa shape index (κ1) is 20.4. The average Bonchev–Trinajstić information content (AvgIpc) is 2.54. The molecule has 7 heteroatoms. The van der Waals surface area contributed by atoms with E-state index < -0.39 is 17.5 Å². The van der Waals surface area contributed by atoms with E-state index in [4.69, 9.17) is 4.74 Å². The molecule has 27 heavy (non-hydrogen) atoms. The van der Waals surface area contributed by atoms with Crippen molar-refractivity contribution in [2.24, 2.45) is 0 Å². The number of ether oxygens (including phenoxy) is 1. The summed E-state index contributed by atoms with van der Waals surface area (Å²) in [7, 11) is 0. The fraction of sp³-hybridized carbons (Fsp3) is 0.300. The summed E-state index contributed by atoms with van der Waals surface area (Å²) < 4.78 is 32.1. The number of carbonyl (C=O) groups is 2. The van der Waals surface area contributed by atoms with Crippen molar-refractivity contribution >= 4 is 23.4 Å². The number of hydrogen-bond acceptors (Lipinski definition) is 3. The maximum Gasteiger partial charge on any atom is 0.412 e. The zero-order valence-electron chi connectivity index (χ0n) is 15.4. The van der Waals surface area contributed by atoms with Gasteiger partial charge in [0.15, 0.2) is 0 Å². The topological polar surface area (TPSA) is 67.4 Å². The molecule has 144 valence electrons. The number of carbonyl (C=O) groups excluding carboxylic acids is 2. The summed E-state index contributed by atoms with van der Waals surface area (Å²) in [6.07, 6.45) is -0.292. The lowest BCUT2D eigenvalue weighted by Crippen LogP contribution is -2.27. The minimum absolute atomic E-state index is 0.104. The lowest BCUT2D eigenvalue weighted by Gasteiger charge is -2.20. The molecule has 2 aromatic rings. The second-order valence-corrected chi connectivity index (χ2v) is 7.00. The number of aryl methyl sites for hydroxylation is 1. The van der Waals surface area contributed by atoms with Gasteiger partial charge in [0.05, 0.1) is 5.69 Å². The third-order valence-corrected chi connectivity index (χ3v) is 3.42. The Morgan fingerprint density at radius 1 is 1.04 bits per heavy atom. The number of rotatable bonds is 5. The number of nitrogens with one attached hydrogen (secondary N) is 2. The average molecular weight is 376 g/mol. The monoisotopic (exact) mass is 376 g/mol. The molecule has 0 unspecified atom stereocenters. The summed E-state index contributed by atoms with van der Waals surface area (Å²) in [6.45, 7) is 5.08. The summed E-state index contributed by atoms with van der Waals surface area (Å²) in [5.74, 6) is -1.32. The van der Waals surface area contributed by atoms with Gasteiger partial charge >= 0.3 is 6.09 Å². The SMILES string of the molecule is CC(C)(C)OC(=O)Nc1cc(NC(=O)CCc2cccc(F)c2)ccc1F. The third-order valence-electron chi connectivity index (χ3n) is 3.42. The van der Waals surface area contributed by atoms with Crippen LogP contribution in [0.1, 0.15) is 32.8 Å². The van der Waals surface area contributed by atoms with Crippen molar-refractivity contribution in [2.45, 2.75) is 39.2 Å². The maximum atomic E-state index is 13.9. The summed E-state index contributed by atoms with van der Waals surface area (Å²) in [6, 6.07) is 9.84. The van der Waals surface area contributed by atoms with Gasteiger partial charge in [-0.05, 0) is 63.1 Å². The van der Waals surface area contributed by atoms with Crippen LogP contribution in [0, 0.1) is 11.6 Å². The van der Waals surface area contributed by atoms with E-state index in [0.29, 0.717) is 17.7 Å². The minimum atomic E-state index is -0.795. The molecule has 0 aliphatic rings. The molecule has 0 atom stereocenters. The van der Waals surface area contributed by atoms with Crippen molar-refractivity contribution in [3.05, 3.63) is 59.7 Å². The van der Waals surface area contributed by atoms with Gasteiger partial charge in [-0.3, -0.25) is 10.1 Å². The van der Waals surface area contributed by atoms with Crippen LogP contribution < -0.4 is 10.6 Å². The normalized spacial score (nSPS) is 11.0. The lowest BCUT2D eigenvalue weighted by molar-refractivity contribution is -0.116. The van der Waals surface area contributed by atoms with Gasteiger partial charge < -0.3 is 10.1 Å². The van der Waals surface area contributed by atoms with Crippen LogP contribution in [0.4, 0.5) is 25.0 Å². The molecule has 0 spiro atoms. The highest BCUT2D eigenvalue weighted by Crippen LogP contribution is 2.21. The van der Waals surface area contributed by atoms with Crippen molar-refractivity contribution < 1.29 is 23.1 Å². The molecule has 0 aliphatic heterocycles. The standard InChI is InChI=1S/C20H22F2N2O3/c1-20(2,3)27-19(26)24-17-12-15(8-9-16(17)22)23-18(25)10-7-13-5-4-6-14(21)11-13/h4-6,8-9,11-12H,7,10H2,1-3H3,(H,23,25)(H,24,26). The predicted octanol–water partition coefficient (Wildman–Crippen LogP) is 4.88. The van der Waals surface area contributed by atoms with Crippen molar-refractivity contribution in [3.8, 4) is 0 Å². The zero-order chi connectivity index (χ0) is 20.0. The van der Waals surface area contributed by atoms with Gasteiger partial charge in [0, 0.05) is 12.1 Å². The molecule has 0 aromatic heterocycles. The first-order chi connectivity index (χ1) is 12.6. The molecule has 0 aliphatic carbocycles. The Bertz CT molecular complexity index is 832. The van der Waals surface area contributed by atoms with Crippen molar-refractivity contribution in [2.75, 3.05) is 10.6 Å². The molecular formula is C20H22F2N2O3. The van der Waals surface area contributed by atoms with Gasteiger partial charge in [-0.15, -0.1) is 0 Å². The Hall–Kier alpha value is -2.96. The molecule has 5 nitrogen and oxygen atoms in total. The molecule has 0 saturated heterocycles. The Labute approximate surface area is 156 Å². The first-order valence-electron chi connectivity index (χ1n) is 8.46. The highest BCUT2D eigenvalue weighted by Gasteiger charge is 2.17. The zero-order valence-corrected chi connectivity index (χ0v) is 15.4. The van der Waals surface area contributed by atoms with E-state index >= 15 is 0 Å². The maximum absolute atomic E-state index is 13.9. The largest absolute Gasteiger partial charge is 0.444 e. The van der Waals surface area contributed by atoms with Crippen LogP contribution in [0.2, 0.25) is 0 Å². The van der Waals surface area contributed by atoms with Gasteiger partial charge in [-0.1, -0.05) is 12.1 Å². The Morgan fingerprint density at radius 2 is 1.78 bits per heavy atom. The highest BCUT2D eigenvalue weighted by molar-refractivity contribution is 5.92. The van der Waals surface area contributed by atoms with E-state index in [1.54, 1.807) is 32.9 Å². The summed E-state index contributed by atoms with van der Waals surface area (Å²) in [4.78, 5) is 23.8. The van der Waals surface area contributed by atoms with Crippen LogP contribution in [-0.4, -0.2) is 17.6 Å². The van der Waals surface area contributed by atoms with E-state index in [9.17, 15) is 18.4 Å². The Morgan fingerprint density at radius 3 is 2.44 bits per heavy atom. The van der Waals surface area contributed by atoms with Crippen LogP contribution in [-0.2, 0) is 16.0 Å². The fourth-order valence-electron chi connectivity index (χ4n) is 2.29. The predicted molar refractivity (Wildman–Crippen MR) is 99.6 cm³/mol. The Kier molecular flexibility index (Phi) is 6.50. The van der Waals surface area contributed by atoms with Crippen molar-refractivity contribution in [3.63, 3.8) is 0 Å². The fourth-order valence-corrected chi connectivity index (χ4v) is 2.29. The number of hydrogen-bond donors (Lipinski definition) is 2.